The van der Waals surface area contributed by atoms with Gasteiger partial charge in [0, 0.05) is 65.1 Å². The number of piperazine rings is 1. The zero-order valence-corrected chi connectivity index (χ0v) is 16.8. The molecule has 0 atom stereocenters. The summed E-state index contributed by atoms with van der Waals surface area (Å²) < 4.78 is 13.6. The molecule has 0 amide bonds. The standard InChI is InChI=1S/C20H28N4O4/c1-21-16(14-19(25)22(2)20(21)26)15-24-10-8-23(9-11-24)12-13-28-18-6-4-17(27-3)5-7-18/h4-7,14H,8-13,15H2,1-3H3. The molecule has 3 rings (SSSR count). The van der Waals surface area contributed by atoms with E-state index in [9.17, 15) is 9.59 Å². The summed E-state index contributed by atoms with van der Waals surface area (Å²) in [5.74, 6) is 1.66. The molecule has 2 heterocycles. The van der Waals surface area contributed by atoms with Crippen LogP contribution in [0.25, 0.3) is 0 Å². The molecule has 8 nitrogen and oxygen atoms in total. The summed E-state index contributed by atoms with van der Waals surface area (Å²) in [6.45, 7) is 5.77. The lowest BCUT2D eigenvalue weighted by molar-refractivity contribution is 0.110. The molecule has 1 saturated heterocycles. The molecule has 1 fully saturated rings. The predicted octanol–water partition coefficient (Wildman–Crippen LogP) is 0.289. The van der Waals surface area contributed by atoms with Gasteiger partial charge in [-0.1, -0.05) is 0 Å². The molecule has 0 N–H and O–H groups in total. The lowest BCUT2D eigenvalue weighted by atomic mass is 10.2. The van der Waals surface area contributed by atoms with Crippen molar-refractivity contribution in [2.75, 3.05) is 46.4 Å². The number of methoxy groups -OCH3 is 1. The fourth-order valence-electron chi connectivity index (χ4n) is 3.29. The Balaban J connectivity index is 1.44. The van der Waals surface area contributed by atoms with Crippen molar-refractivity contribution >= 4 is 0 Å². The van der Waals surface area contributed by atoms with E-state index in [1.54, 1.807) is 24.8 Å². The number of benzene rings is 1. The third kappa shape index (κ3) is 4.82. The molecule has 0 aliphatic carbocycles. The van der Waals surface area contributed by atoms with Gasteiger partial charge in [-0.3, -0.25) is 23.7 Å². The van der Waals surface area contributed by atoms with Gasteiger partial charge in [0.1, 0.15) is 18.1 Å². The van der Waals surface area contributed by atoms with Crippen molar-refractivity contribution in [1.29, 1.82) is 0 Å². The van der Waals surface area contributed by atoms with Gasteiger partial charge in [0.2, 0.25) is 0 Å². The van der Waals surface area contributed by atoms with Crippen LogP contribution in [0.5, 0.6) is 11.5 Å². The minimum absolute atomic E-state index is 0.257. The minimum Gasteiger partial charge on any atom is -0.497 e. The number of nitrogens with zero attached hydrogens (tertiary/aromatic N) is 4. The molecule has 1 aromatic carbocycles. The van der Waals surface area contributed by atoms with Crippen molar-refractivity contribution in [3.8, 4) is 11.5 Å². The highest BCUT2D eigenvalue weighted by molar-refractivity contribution is 5.31. The first-order valence-corrected chi connectivity index (χ1v) is 9.45. The summed E-state index contributed by atoms with van der Waals surface area (Å²) in [4.78, 5) is 28.6. The van der Waals surface area contributed by atoms with E-state index >= 15 is 0 Å². The number of rotatable bonds is 7. The van der Waals surface area contributed by atoms with Gasteiger partial charge in [-0.05, 0) is 24.3 Å². The Hall–Kier alpha value is -2.58. The van der Waals surface area contributed by atoms with Crippen LogP contribution in [0, 0.1) is 0 Å². The Morgan fingerprint density at radius 3 is 2.14 bits per heavy atom. The first-order valence-electron chi connectivity index (χ1n) is 9.45. The number of aromatic nitrogens is 2. The first kappa shape index (κ1) is 20.2. The fourth-order valence-corrected chi connectivity index (χ4v) is 3.29. The van der Waals surface area contributed by atoms with E-state index in [1.807, 2.05) is 24.3 Å². The molecule has 0 bridgehead atoms. The van der Waals surface area contributed by atoms with E-state index in [4.69, 9.17) is 9.47 Å². The summed E-state index contributed by atoms with van der Waals surface area (Å²) in [5, 5.41) is 0. The Morgan fingerprint density at radius 2 is 1.50 bits per heavy atom. The van der Waals surface area contributed by atoms with Gasteiger partial charge < -0.3 is 9.47 Å². The fraction of sp³-hybridized carbons (Fsp3) is 0.500. The van der Waals surface area contributed by atoms with Crippen molar-refractivity contribution in [2.45, 2.75) is 6.54 Å². The zero-order chi connectivity index (χ0) is 20.1. The number of hydrogen-bond donors (Lipinski definition) is 0. The zero-order valence-electron chi connectivity index (χ0n) is 16.8. The molecule has 1 aliphatic heterocycles. The van der Waals surface area contributed by atoms with Crippen molar-refractivity contribution in [3.63, 3.8) is 0 Å². The van der Waals surface area contributed by atoms with Crippen LogP contribution in [0.3, 0.4) is 0 Å². The lowest BCUT2D eigenvalue weighted by Gasteiger charge is -2.34. The quantitative estimate of drug-likeness (QED) is 0.679. The molecule has 0 unspecified atom stereocenters. The number of hydrogen-bond acceptors (Lipinski definition) is 6. The normalized spacial score (nSPS) is 15.5. The Kier molecular flexibility index (Phi) is 6.53. The van der Waals surface area contributed by atoms with Crippen LogP contribution in [-0.4, -0.2) is 65.4 Å². The largest absolute Gasteiger partial charge is 0.497 e. The van der Waals surface area contributed by atoms with Crippen LogP contribution in [-0.2, 0) is 20.6 Å². The monoisotopic (exact) mass is 388 g/mol. The summed E-state index contributed by atoms with van der Waals surface area (Å²) in [7, 11) is 4.86. The summed E-state index contributed by atoms with van der Waals surface area (Å²) in [6.07, 6.45) is 0. The van der Waals surface area contributed by atoms with Gasteiger partial charge in [0.15, 0.2) is 0 Å². The molecule has 28 heavy (non-hydrogen) atoms. The van der Waals surface area contributed by atoms with E-state index < -0.39 is 0 Å². The number of ether oxygens (including phenoxy) is 2. The van der Waals surface area contributed by atoms with Crippen molar-refractivity contribution in [1.82, 2.24) is 18.9 Å². The highest BCUT2D eigenvalue weighted by Crippen LogP contribution is 2.17. The van der Waals surface area contributed by atoms with Crippen LogP contribution in [0.1, 0.15) is 5.69 Å². The molecule has 1 aliphatic rings. The topological polar surface area (TPSA) is 68.9 Å². The SMILES string of the molecule is COc1ccc(OCCN2CCN(Cc3cc(=O)n(C)c(=O)n3C)CC2)cc1. The molecule has 0 saturated carbocycles. The third-order valence-corrected chi connectivity index (χ3v) is 5.21. The average molecular weight is 388 g/mol. The highest BCUT2D eigenvalue weighted by Gasteiger charge is 2.18. The van der Waals surface area contributed by atoms with Crippen LogP contribution >= 0.6 is 0 Å². The molecule has 1 aromatic heterocycles. The second-order valence-electron chi connectivity index (χ2n) is 7.02. The van der Waals surface area contributed by atoms with E-state index in [0.717, 1.165) is 54.5 Å². The lowest BCUT2D eigenvalue weighted by Crippen LogP contribution is -2.48. The molecule has 8 heteroatoms. The van der Waals surface area contributed by atoms with E-state index in [1.165, 1.54) is 7.05 Å². The predicted molar refractivity (Wildman–Crippen MR) is 107 cm³/mol. The Labute approximate surface area is 164 Å². The maximum absolute atomic E-state index is 12.1. The minimum atomic E-state index is -0.281. The van der Waals surface area contributed by atoms with Crippen molar-refractivity contribution < 1.29 is 9.47 Å². The Bertz CT molecular complexity index is 896. The highest BCUT2D eigenvalue weighted by atomic mass is 16.5. The van der Waals surface area contributed by atoms with Crippen molar-refractivity contribution in [2.24, 2.45) is 14.1 Å². The second-order valence-corrected chi connectivity index (χ2v) is 7.02. The molecule has 0 spiro atoms. The van der Waals surface area contributed by atoms with Gasteiger partial charge in [-0.15, -0.1) is 0 Å². The summed E-state index contributed by atoms with van der Waals surface area (Å²) >= 11 is 0. The van der Waals surface area contributed by atoms with Gasteiger partial charge >= 0.3 is 5.69 Å². The van der Waals surface area contributed by atoms with Gasteiger partial charge in [0.25, 0.3) is 5.56 Å². The van der Waals surface area contributed by atoms with Crippen LogP contribution < -0.4 is 20.7 Å². The molecule has 152 valence electrons. The van der Waals surface area contributed by atoms with Gasteiger partial charge in [-0.2, -0.15) is 0 Å². The Morgan fingerprint density at radius 1 is 0.893 bits per heavy atom. The molecular weight excluding hydrogens is 360 g/mol. The van der Waals surface area contributed by atoms with E-state index in [0.29, 0.717) is 13.2 Å². The van der Waals surface area contributed by atoms with Crippen molar-refractivity contribution in [3.05, 3.63) is 56.9 Å². The van der Waals surface area contributed by atoms with Crippen LogP contribution in [0.2, 0.25) is 0 Å². The average Bonchev–Trinajstić information content (AvgIpc) is 2.72. The molecule has 0 radical (unpaired) electrons. The van der Waals surface area contributed by atoms with Gasteiger partial charge in [-0.25, -0.2) is 4.79 Å². The second kappa shape index (κ2) is 9.07. The maximum Gasteiger partial charge on any atom is 0.330 e. The van der Waals surface area contributed by atoms with Crippen LogP contribution in [0.4, 0.5) is 0 Å². The third-order valence-electron chi connectivity index (χ3n) is 5.21. The van der Waals surface area contributed by atoms with E-state index in [-0.39, 0.29) is 11.2 Å². The summed E-state index contributed by atoms with van der Waals surface area (Å²) in [5.41, 5.74) is 0.216. The smallest absolute Gasteiger partial charge is 0.330 e. The van der Waals surface area contributed by atoms with Crippen LogP contribution in [0.15, 0.2) is 39.9 Å². The molecule has 2 aromatic rings. The van der Waals surface area contributed by atoms with Gasteiger partial charge in [0.05, 0.1) is 7.11 Å². The maximum atomic E-state index is 12.1. The summed E-state index contributed by atoms with van der Waals surface area (Å²) in [6, 6.07) is 9.14. The molecular formula is C20H28N4O4. The first-order chi connectivity index (χ1) is 13.5. The van der Waals surface area contributed by atoms with E-state index in [2.05, 4.69) is 9.80 Å².